The minimum absolute atomic E-state index is 0.0399. The third kappa shape index (κ3) is 3.14. The van der Waals surface area contributed by atoms with E-state index in [4.69, 9.17) is 5.73 Å². The van der Waals surface area contributed by atoms with E-state index >= 15 is 0 Å². The highest BCUT2D eigenvalue weighted by Gasteiger charge is 2.39. The van der Waals surface area contributed by atoms with Gasteiger partial charge in [0, 0.05) is 26.7 Å². The lowest BCUT2D eigenvalue weighted by atomic mass is 9.93. The largest absolute Gasteiger partial charge is 0.347 e. The van der Waals surface area contributed by atoms with Gasteiger partial charge in [-0.2, -0.15) is 0 Å². The first-order valence-electron chi connectivity index (χ1n) is 7.79. The summed E-state index contributed by atoms with van der Waals surface area (Å²) in [7, 11) is 3.50. The summed E-state index contributed by atoms with van der Waals surface area (Å²) >= 11 is 0. The molecular formula is C15H27N3O2. The second kappa shape index (κ2) is 6.57. The van der Waals surface area contributed by atoms with E-state index < -0.39 is 0 Å². The van der Waals surface area contributed by atoms with Gasteiger partial charge in [-0.1, -0.05) is 19.3 Å². The molecule has 1 heterocycles. The van der Waals surface area contributed by atoms with E-state index in [-0.39, 0.29) is 29.8 Å². The van der Waals surface area contributed by atoms with Crippen molar-refractivity contribution < 1.29 is 9.59 Å². The fraction of sp³-hybridized carbons (Fsp3) is 0.867. The first kappa shape index (κ1) is 15.3. The second-order valence-electron chi connectivity index (χ2n) is 6.33. The molecule has 0 radical (unpaired) electrons. The molecule has 2 amide bonds. The molecule has 1 saturated carbocycles. The van der Waals surface area contributed by atoms with E-state index in [0.717, 1.165) is 44.9 Å². The van der Waals surface area contributed by atoms with Crippen LogP contribution in [0.5, 0.6) is 0 Å². The molecule has 5 nitrogen and oxygen atoms in total. The molecule has 2 N–H and O–H groups in total. The molecule has 5 heteroatoms. The average molecular weight is 281 g/mol. The van der Waals surface area contributed by atoms with Crippen molar-refractivity contribution in [3.05, 3.63) is 0 Å². The Kier molecular flexibility index (Phi) is 5.02. The Bertz CT molecular complexity index is 370. The van der Waals surface area contributed by atoms with Crippen LogP contribution in [-0.2, 0) is 9.59 Å². The van der Waals surface area contributed by atoms with Crippen LogP contribution in [0.1, 0.15) is 44.9 Å². The maximum Gasteiger partial charge on any atom is 0.244 e. The third-order valence-corrected chi connectivity index (χ3v) is 4.65. The minimum atomic E-state index is -0.270. The molecule has 0 bridgehead atoms. The normalized spacial score (nSPS) is 30.9. The fourth-order valence-electron chi connectivity index (χ4n) is 3.44. The zero-order chi connectivity index (χ0) is 14.7. The Morgan fingerprint density at radius 1 is 1.05 bits per heavy atom. The van der Waals surface area contributed by atoms with Gasteiger partial charge in [0.05, 0.1) is 5.92 Å². The zero-order valence-corrected chi connectivity index (χ0v) is 12.7. The fourth-order valence-corrected chi connectivity index (χ4v) is 3.44. The Labute approximate surface area is 121 Å². The van der Waals surface area contributed by atoms with Crippen molar-refractivity contribution in [1.29, 1.82) is 0 Å². The summed E-state index contributed by atoms with van der Waals surface area (Å²) in [5.74, 6) is 0.0585. The summed E-state index contributed by atoms with van der Waals surface area (Å²) in [4.78, 5) is 28.3. The van der Waals surface area contributed by atoms with Gasteiger partial charge in [-0.15, -0.1) is 0 Å². The molecule has 1 aliphatic heterocycles. The SMILES string of the molecule is CN(C)C(=O)C1CCCN1C(=O)C1CCCCCC1N. The number of likely N-dealkylation sites (tertiary alicyclic amines) is 1. The van der Waals surface area contributed by atoms with Crippen molar-refractivity contribution in [3.63, 3.8) is 0 Å². The lowest BCUT2D eigenvalue weighted by molar-refractivity contribution is -0.145. The first-order chi connectivity index (χ1) is 9.52. The maximum absolute atomic E-state index is 12.8. The van der Waals surface area contributed by atoms with Crippen LogP contribution in [0.4, 0.5) is 0 Å². The summed E-state index contributed by atoms with van der Waals surface area (Å²) in [5.41, 5.74) is 6.19. The Morgan fingerprint density at radius 2 is 1.75 bits per heavy atom. The number of amides is 2. The highest BCUT2D eigenvalue weighted by atomic mass is 16.2. The van der Waals surface area contributed by atoms with Gasteiger partial charge >= 0.3 is 0 Å². The van der Waals surface area contributed by atoms with Crippen molar-refractivity contribution in [3.8, 4) is 0 Å². The van der Waals surface area contributed by atoms with Gasteiger partial charge in [-0.25, -0.2) is 0 Å². The monoisotopic (exact) mass is 281 g/mol. The van der Waals surface area contributed by atoms with E-state index in [1.165, 1.54) is 0 Å². The molecule has 3 atom stereocenters. The van der Waals surface area contributed by atoms with Crippen molar-refractivity contribution in [2.24, 2.45) is 11.7 Å². The number of nitrogens with two attached hydrogens (primary N) is 1. The molecule has 1 saturated heterocycles. The lowest BCUT2D eigenvalue weighted by Gasteiger charge is -2.31. The molecule has 2 fully saturated rings. The van der Waals surface area contributed by atoms with E-state index in [1.54, 1.807) is 23.9 Å². The van der Waals surface area contributed by atoms with Gasteiger partial charge in [-0.05, 0) is 25.7 Å². The molecule has 0 aromatic heterocycles. The molecule has 0 spiro atoms. The number of nitrogens with zero attached hydrogens (tertiary/aromatic N) is 2. The van der Waals surface area contributed by atoms with E-state index in [2.05, 4.69) is 0 Å². The van der Waals surface area contributed by atoms with Crippen LogP contribution in [0, 0.1) is 5.92 Å². The Balaban J connectivity index is 2.08. The van der Waals surface area contributed by atoms with Crippen LogP contribution in [0.25, 0.3) is 0 Å². The second-order valence-corrected chi connectivity index (χ2v) is 6.33. The van der Waals surface area contributed by atoms with Gasteiger partial charge in [0.2, 0.25) is 11.8 Å². The predicted molar refractivity (Wildman–Crippen MR) is 78.0 cm³/mol. The van der Waals surface area contributed by atoms with Crippen LogP contribution in [0.2, 0.25) is 0 Å². The predicted octanol–water partition coefficient (Wildman–Crippen LogP) is 0.973. The van der Waals surface area contributed by atoms with Crippen molar-refractivity contribution in [2.45, 2.75) is 57.0 Å². The van der Waals surface area contributed by atoms with Gasteiger partial charge in [0.15, 0.2) is 0 Å². The number of likely N-dealkylation sites (N-methyl/N-ethyl adjacent to an activating group) is 1. The molecular weight excluding hydrogens is 254 g/mol. The van der Waals surface area contributed by atoms with Crippen molar-refractivity contribution in [2.75, 3.05) is 20.6 Å². The number of carbonyl (C=O) groups is 2. The highest BCUT2D eigenvalue weighted by molar-refractivity contribution is 5.89. The van der Waals surface area contributed by atoms with E-state index in [9.17, 15) is 9.59 Å². The summed E-state index contributed by atoms with van der Waals surface area (Å²) in [6.45, 7) is 0.701. The standard InChI is InChI=1S/C15H27N3O2/c1-17(2)15(20)13-9-6-10-18(13)14(19)11-7-4-3-5-8-12(11)16/h11-13H,3-10,16H2,1-2H3. The third-order valence-electron chi connectivity index (χ3n) is 4.65. The lowest BCUT2D eigenvalue weighted by Crippen LogP contribution is -2.50. The van der Waals surface area contributed by atoms with Gasteiger partial charge in [-0.3, -0.25) is 9.59 Å². The highest BCUT2D eigenvalue weighted by Crippen LogP contribution is 2.28. The van der Waals surface area contributed by atoms with Gasteiger partial charge in [0.1, 0.15) is 6.04 Å². The summed E-state index contributed by atoms with van der Waals surface area (Å²) in [6, 6.07) is -0.311. The maximum atomic E-state index is 12.8. The molecule has 2 aliphatic rings. The zero-order valence-electron chi connectivity index (χ0n) is 12.7. The smallest absolute Gasteiger partial charge is 0.244 e. The summed E-state index contributed by atoms with van der Waals surface area (Å²) < 4.78 is 0. The van der Waals surface area contributed by atoms with Crippen LogP contribution in [0.3, 0.4) is 0 Å². The number of rotatable bonds is 2. The molecule has 0 aromatic carbocycles. The number of carbonyl (C=O) groups excluding carboxylic acids is 2. The molecule has 20 heavy (non-hydrogen) atoms. The van der Waals surface area contributed by atoms with Crippen LogP contribution in [-0.4, -0.2) is 54.3 Å². The van der Waals surface area contributed by atoms with Crippen molar-refractivity contribution >= 4 is 11.8 Å². The summed E-state index contributed by atoms with van der Waals surface area (Å²) in [5, 5.41) is 0. The molecule has 3 unspecified atom stereocenters. The Hall–Kier alpha value is -1.10. The molecule has 1 aliphatic carbocycles. The average Bonchev–Trinajstić information content (AvgIpc) is 2.80. The minimum Gasteiger partial charge on any atom is -0.347 e. The Morgan fingerprint density at radius 3 is 2.45 bits per heavy atom. The van der Waals surface area contributed by atoms with E-state index in [1.807, 2.05) is 0 Å². The van der Waals surface area contributed by atoms with Gasteiger partial charge < -0.3 is 15.5 Å². The topological polar surface area (TPSA) is 66.6 Å². The van der Waals surface area contributed by atoms with Crippen LogP contribution >= 0.6 is 0 Å². The van der Waals surface area contributed by atoms with Crippen molar-refractivity contribution in [1.82, 2.24) is 9.80 Å². The van der Waals surface area contributed by atoms with Gasteiger partial charge in [0.25, 0.3) is 0 Å². The molecule has 2 rings (SSSR count). The van der Waals surface area contributed by atoms with E-state index in [0.29, 0.717) is 6.54 Å². The number of hydrogen-bond acceptors (Lipinski definition) is 3. The number of hydrogen-bond donors (Lipinski definition) is 1. The molecule has 114 valence electrons. The van der Waals surface area contributed by atoms with Crippen LogP contribution < -0.4 is 5.73 Å². The quantitative estimate of drug-likeness (QED) is 0.767. The summed E-state index contributed by atoms with van der Waals surface area (Å²) in [6.07, 6.45) is 6.85. The van der Waals surface area contributed by atoms with Crippen LogP contribution in [0.15, 0.2) is 0 Å². The molecule has 0 aromatic rings. The first-order valence-corrected chi connectivity index (χ1v) is 7.79.